The zero-order valence-electron chi connectivity index (χ0n) is 18.2. The number of rotatable bonds is 9. The van der Waals surface area contributed by atoms with E-state index in [0.29, 0.717) is 33.2 Å². The van der Waals surface area contributed by atoms with Crippen molar-refractivity contribution in [1.82, 2.24) is 0 Å². The second kappa shape index (κ2) is 10.1. The van der Waals surface area contributed by atoms with Gasteiger partial charge in [0.2, 0.25) is 0 Å². The third-order valence-corrected chi connectivity index (χ3v) is 5.76. The van der Waals surface area contributed by atoms with Crippen LogP contribution in [0.4, 0.5) is 0 Å². The van der Waals surface area contributed by atoms with Crippen LogP contribution in [0.3, 0.4) is 0 Å². The number of hydrogen-bond acceptors (Lipinski definition) is 8. The Morgan fingerprint density at radius 2 is 1.85 bits per heavy atom. The van der Waals surface area contributed by atoms with Crippen molar-refractivity contribution in [1.29, 1.82) is 0 Å². The Morgan fingerprint density at radius 1 is 1.06 bits per heavy atom. The average molecular weight is 475 g/mol. The number of para-hydroxylation sites is 1. The highest BCUT2D eigenvalue weighted by molar-refractivity contribution is 6.34. The molecule has 1 aromatic heterocycles. The van der Waals surface area contributed by atoms with Gasteiger partial charge in [0.05, 0.1) is 36.1 Å². The predicted molar refractivity (Wildman–Crippen MR) is 121 cm³/mol. The molecule has 1 aliphatic rings. The summed E-state index contributed by atoms with van der Waals surface area (Å²) in [5.41, 5.74) is 0.518. The lowest BCUT2D eigenvalue weighted by Gasteiger charge is -2.21. The van der Waals surface area contributed by atoms with Crippen LogP contribution in [0.25, 0.3) is 22.3 Å². The topological polar surface area (TPSA) is 93.4 Å². The molecule has 174 valence electrons. The highest BCUT2D eigenvalue weighted by Gasteiger charge is 2.27. The van der Waals surface area contributed by atoms with E-state index in [0.717, 1.165) is 19.3 Å². The molecular formula is C24H23ClO8. The van der Waals surface area contributed by atoms with Crippen LogP contribution in [0.5, 0.6) is 17.2 Å². The van der Waals surface area contributed by atoms with Crippen molar-refractivity contribution in [3.63, 3.8) is 0 Å². The van der Waals surface area contributed by atoms with E-state index in [9.17, 15) is 9.59 Å². The van der Waals surface area contributed by atoms with Gasteiger partial charge in [0, 0.05) is 12.1 Å². The minimum atomic E-state index is -0.351. The summed E-state index contributed by atoms with van der Waals surface area (Å²) >= 11 is 6.24. The van der Waals surface area contributed by atoms with Crippen LogP contribution in [0.2, 0.25) is 5.02 Å². The molecule has 9 heteroatoms. The van der Waals surface area contributed by atoms with E-state index in [1.54, 1.807) is 30.3 Å². The molecule has 33 heavy (non-hydrogen) atoms. The third-order valence-electron chi connectivity index (χ3n) is 5.46. The Labute approximate surface area is 194 Å². The van der Waals surface area contributed by atoms with Gasteiger partial charge in [-0.2, -0.15) is 4.89 Å². The Bertz CT molecular complexity index is 1220. The Morgan fingerprint density at radius 3 is 2.55 bits per heavy atom. The zero-order chi connectivity index (χ0) is 23.4. The van der Waals surface area contributed by atoms with Crippen LogP contribution >= 0.6 is 11.6 Å². The monoisotopic (exact) mass is 474 g/mol. The van der Waals surface area contributed by atoms with E-state index in [1.807, 2.05) is 0 Å². The van der Waals surface area contributed by atoms with Crippen LogP contribution in [0.1, 0.15) is 19.3 Å². The first-order valence-corrected chi connectivity index (χ1v) is 10.8. The minimum absolute atomic E-state index is 0.0314. The standard InChI is InChI=1S/C24H23ClO8/c1-28-19-13-21(29-2)22(30-9-10-31-33-24(27)14-5-3-6-14)11-16(19)20-12-18(26)15-7-4-8-17(25)23(15)32-20/h4,7-8,11-14H,3,5-6,9-10H2,1-2H3. The number of carbonyl (C=O) groups is 1. The molecule has 1 fully saturated rings. The molecule has 1 heterocycles. The second-order valence-electron chi connectivity index (χ2n) is 7.50. The molecule has 8 nitrogen and oxygen atoms in total. The third kappa shape index (κ3) is 4.91. The summed E-state index contributed by atoms with van der Waals surface area (Å²) in [6, 6.07) is 9.61. The molecule has 4 rings (SSSR count). The fourth-order valence-electron chi connectivity index (χ4n) is 3.45. The minimum Gasteiger partial charge on any atom is -0.496 e. The van der Waals surface area contributed by atoms with Gasteiger partial charge in [-0.25, -0.2) is 4.79 Å². The summed E-state index contributed by atoms with van der Waals surface area (Å²) in [4.78, 5) is 34.1. The first kappa shape index (κ1) is 22.9. The molecule has 2 aromatic carbocycles. The van der Waals surface area contributed by atoms with Gasteiger partial charge in [-0.15, -0.1) is 0 Å². The molecule has 0 radical (unpaired) electrons. The number of benzene rings is 2. The first-order chi connectivity index (χ1) is 16.0. The van der Waals surface area contributed by atoms with Gasteiger partial charge >= 0.3 is 5.97 Å². The van der Waals surface area contributed by atoms with Crippen LogP contribution in [-0.4, -0.2) is 33.4 Å². The molecule has 0 bridgehead atoms. The maximum absolute atomic E-state index is 12.6. The SMILES string of the molecule is COc1cc(OC)c(-c2cc(=O)c3cccc(Cl)c3o2)cc1OCCOOC(=O)C1CCC1. The van der Waals surface area contributed by atoms with Crippen LogP contribution in [0, 0.1) is 5.92 Å². The van der Waals surface area contributed by atoms with Crippen molar-refractivity contribution in [2.45, 2.75) is 19.3 Å². The van der Waals surface area contributed by atoms with Gasteiger partial charge in [-0.1, -0.05) is 24.1 Å². The highest BCUT2D eigenvalue weighted by atomic mass is 35.5. The first-order valence-electron chi connectivity index (χ1n) is 10.5. The molecule has 3 aromatic rings. The summed E-state index contributed by atoms with van der Waals surface area (Å²) in [5.74, 6) is 1.03. The lowest BCUT2D eigenvalue weighted by atomic mass is 9.86. The van der Waals surface area contributed by atoms with Crippen molar-refractivity contribution in [3.05, 3.63) is 51.6 Å². The fourth-order valence-corrected chi connectivity index (χ4v) is 3.66. The number of halogens is 1. The van der Waals surface area contributed by atoms with E-state index in [-0.39, 0.29) is 41.9 Å². The second-order valence-corrected chi connectivity index (χ2v) is 7.90. The van der Waals surface area contributed by atoms with E-state index in [4.69, 9.17) is 40.0 Å². The molecule has 1 saturated carbocycles. The number of methoxy groups -OCH3 is 2. The molecule has 0 unspecified atom stereocenters. The lowest BCUT2D eigenvalue weighted by Crippen LogP contribution is -2.24. The molecule has 1 aliphatic carbocycles. The van der Waals surface area contributed by atoms with E-state index in [1.165, 1.54) is 20.3 Å². The van der Waals surface area contributed by atoms with Crippen LogP contribution in [-0.2, 0) is 14.6 Å². The Hall–Kier alpha value is -3.23. The van der Waals surface area contributed by atoms with Crippen molar-refractivity contribution in [3.8, 4) is 28.6 Å². The maximum atomic E-state index is 12.6. The van der Waals surface area contributed by atoms with Crippen molar-refractivity contribution in [2.24, 2.45) is 5.92 Å². The molecule has 0 amide bonds. The van der Waals surface area contributed by atoms with Gasteiger partial charge in [0.1, 0.15) is 24.7 Å². The van der Waals surface area contributed by atoms with Gasteiger partial charge in [0.25, 0.3) is 0 Å². The van der Waals surface area contributed by atoms with E-state index < -0.39 is 0 Å². The molecule has 0 aliphatic heterocycles. The van der Waals surface area contributed by atoms with Gasteiger partial charge < -0.3 is 18.6 Å². The summed E-state index contributed by atoms with van der Waals surface area (Å²) in [5, 5.41) is 0.702. The molecule has 0 N–H and O–H groups in total. The summed E-state index contributed by atoms with van der Waals surface area (Å²) in [6.07, 6.45) is 2.70. The average Bonchev–Trinajstić information content (AvgIpc) is 2.77. The normalized spacial score (nSPS) is 13.4. The highest BCUT2D eigenvalue weighted by Crippen LogP contribution is 2.41. The summed E-state index contributed by atoms with van der Waals surface area (Å²) in [6.45, 7) is 0.122. The smallest absolute Gasteiger partial charge is 0.345 e. The lowest BCUT2D eigenvalue weighted by molar-refractivity contribution is -0.279. The van der Waals surface area contributed by atoms with Gasteiger partial charge in [-0.05, 0) is 31.0 Å². The maximum Gasteiger partial charge on any atom is 0.345 e. The zero-order valence-corrected chi connectivity index (χ0v) is 19.0. The largest absolute Gasteiger partial charge is 0.496 e. The van der Waals surface area contributed by atoms with Crippen LogP contribution in [0.15, 0.2) is 45.6 Å². The van der Waals surface area contributed by atoms with Crippen molar-refractivity contribution >= 4 is 28.5 Å². The van der Waals surface area contributed by atoms with Crippen LogP contribution < -0.4 is 19.6 Å². The molecular weight excluding hydrogens is 452 g/mol. The Balaban J connectivity index is 1.55. The number of carbonyl (C=O) groups excluding carboxylic acids is 1. The molecule has 0 spiro atoms. The van der Waals surface area contributed by atoms with E-state index in [2.05, 4.69) is 0 Å². The summed E-state index contributed by atoms with van der Waals surface area (Å²) in [7, 11) is 2.99. The Kier molecular flexibility index (Phi) is 7.05. The van der Waals surface area contributed by atoms with Gasteiger partial charge in [0.15, 0.2) is 22.5 Å². The molecule has 0 saturated heterocycles. The number of ether oxygens (including phenoxy) is 3. The van der Waals surface area contributed by atoms with Crippen molar-refractivity contribution < 1.29 is 33.2 Å². The molecule has 0 atom stereocenters. The quantitative estimate of drug-likeness (QED) is 0.248. The number of fused-ring (bicyclic) bond motifs is 1. The van der Waals surface area contributed by atoms with Gasteiger partial charge in [-0.3, -0.25) is 9.68 Å². The van der Waals surface area contributed by atoms with E-state index >= 15 is 0 Å². The predicted octanol–water partition coefficient (Wildman–Crippen LogP) is 4.78. The summed E-state index contributed by atoms with van der Waals surface area (Å²) < 4.78 is 22.6. The van der Waals surface area contributed by atoms with Crippen molar-refractivity contribution in [2.75, 3.05) is 27.4 Å². The number of hydrogen-bond donors (Lipinski definition) is 0. The fraction of sp³-hybridized carbons (Fsp3) is 0.333.